The molecule has 0 saturated carbocycles. The molecular formula is C13H10S3. The summed E-state index contributed by atoms with van der Waals surface area (Å²) in [5, 5.41) is 3.68. The second kappa shape index (κ2) is 4.24. The van der Waals surface area contributed by atoms with Gasteiger partial charge in [0.25, 0.3) is 0 Å². The normalized spacial score (nSPS) is 11.1. The third-order valence-corrected chi connectivity index (χ3v) is 5.72. The maximum atomic E-state index is 2.29. The Morgan fingerprint density at radius 1 is 1.12 bits per heavy atom. The van der Waals surface area contributed by atoms with Crippen molar-refractivity contribution in [2.75, 3.05) is 0 Å². The molecule has 3 aromatic rings. The summed E-state index contributed by atoms with van der Waals surface area (Å²) in [7, 11) is 0. The minimum Gasteiger partial charge on any atom is -0.132 e. The first-order chi connectivity index (χ1) is 7.83. The topological polar surface area (TPSA) is 0 Å². The summed E-state index contributed by atoms with van der Waals surface area (Å²) in [4.78, 5) is 4.10. The Morgan fingerprint density at radius 3 is 2.75 bits per heavy atom. The van der Waals surface area contributed by atoms with Gasteiger partial charge in [-0.1, -0.05) is 30.0 Å². The van der Waals surface area contributed by atoms with Gasteiger partial charge in [-0.15, -0.1) is 22.7 Å². The van der Waals surface area contributed by atoms with E-state index in [0.717, 1.165) is 0 Å². The number of aryl methyl sites for hydroxylation is 1. The standard InChI is InChI=1S/C13H10S3/c1-9-7-11-12(8-14-13(11)15-9)16-10-5-3-2-4-6-10/h2-8H,1H3. The van der Waals surface area contributed by atoms with Gasteiger partial charge in [0.2, 0.25) is 0 Å². The molecule has 0 nitrogen and oxygen atoms in total. The Bertz CT molecular complexity index is 604. The minimum absolute atomic E-state index is 1.31. The summed E-state index contributed by atoms with van der Waals surface area (Å²) in [6.45, 7) is 2.17. The number of hydrogen-bond donors (Lipinski definition) is 0. The van der Waals surface area contributed by atoms with Crippen LogP contribution in [0.5, 0.6) is 0 Å². The van der Waals surface area contributed by atoms with E-state index in [-0.39, 0.29) is 0 Å². The van der Waals surface area contributed by atoms with Crippen molar-refractivity contribution in [1.82, 2.24) is 0 Å². The van der Waals surface area contributed by atoms with Crippen molar-refractivity contribution in [3.8, 4) is 0 Å². The third kappa shape index (κ3) is 1.90. The molecule has 0 fully saturated rings. The quantitative estimate of drug-likeness (QED) is 0.594. The lowest BCUT2D eigenvalue weighted by atomic mass is 10.4. The van der Waals surface area contributed by atoms with Gasteiger partial charge < -0.3 is 0 Å². The summed E-state index contributed by atoms with van der Waals surface area (Å²) >= 11 is 5.59. The highest BCUT2D eigenvalue weighted by molar-refractivity contribution is 7.99. The van der Waals surface area contributed by atoms with Crippen molar-refractivity contribution in [3.63, 3.8) is 0 Å². The molecule has 0 aliphatic carbocycles. The lowest BCUT2D eigenvalue weighted by molar-refractivity contribution is 1.45. The van der Waals surface area contributed by atoms with Gasteiger partial charge in [0.15, 0.2) is 0 Å². The van der Waals surface area contributed by atoms with E-state index >= 15 is 0 Å². The van der Waals surface area contributed by atoms with Crippen LogP contribution in [0.4, 0.5) is 0 Å². The van der Waals surface area contributed by atoms with Crippen LogP contribution in [-0.4, -0.2) is 0 Å². The predicted octanol–water partition coefficient (Wildman–Crippen LogP) is 5.42. The monoisotopic (exact) mass is 262 g/mol. The molecule has 0 radical (unpaired) electrons. The Morgan fingerprint density at radius 2 is 1.94 bits per heavy atom. The molecule has 0 N–H and O–H groups in total. The maximum Gasteiger partial charge on any atom is 0.0879 e. The second-order valence-electron chi connectivity index (χ2n) is 3.57. The molecule has 0 atom stereocenters. The Hall–Kier alpha value is -0.770. The molecule has 16 heavy (non-hydrogen) atoms. The van der Waals surface area contributed by atoms with Gasteiger partial charge in [-0.25, -0.2) is 0 Å². The Balaban J connectivity index is 2.00. The first-order valence-electron chi connectivity index (χ1n) is 5.03. The van der Waals surface area contributed by atoms with E-state index in [1.165, 1.54) is 24.1 Å². The van der Waals surface area contributed by atoms with Crippen LogP contribution in [-0.2, 0) is 0 Å². The molecule has 1 aromatic carbocycles. The van der Waals surface area contributed by atoms with Crippen LogP contribution in [0.3, 0.4) is 0 Å². The molecule has 0 unspecified atom stereocenters. The highest BCUT2D eigenvalue weighted by Crippen LogP contribution is 2.41. The molecule has 0 spiro atoms. The summed E-state index contributed by atoms with van der Waals surface area (Å²) in [6.07, 6.45) is 0. The number of thiophene rings is 2. The fourth-order valence-corrected chi connectivity index (χ4v) is 5.02. The second-order valence-corrected chi connectivity index (χ2v) is 7.08. The van der Waals surface area contributed by atoms with Crippen LogP contribution in [0.15, 0.2) is 51.6 Å². The number of rotatable bonds is 2. The number of fused-ring (bicyclic) bond motifs is 1. The first-order valence-corrected chi connectivity index (χ1v) is 7.55. The molecule has 0 aliphatic heterocycles. The van der Waals surface area contributed by atoms with Crippen LogP contribution in [0.25, 0.3) is 9.40 Å². The number of benzene rings is 1. The van der Waals surface area contributed by atoms with Crippen molar-refractivity contribution < 1.29 is 0 Å². The zero-order valence-corrected chi connectivity index (χ0v) is 11.2. The number of hydrogen-bond acceptors (Lipinski definition) is 3. The lowest BCUT2D eigenvalue weighted by Gasteiger charge is -1.97. The van der Waals surface area contributed by atoms with Gasteiger partial charge in [0.05, 0.1) is 4.01 Å². The molecule has 0 bridgehead atoms. The van der Waals surface area contributed by atoms with Crippen LogP contribution in [0, 0.1) is 6.92 Å². The largest absolute Gasteiger partial charge is 0.132 e. The van der Waals surface area contributed by atoms with Crippen LogP contribution in [0.1, 0.15) is 4.88 Å². The maximum absolute atomic E-state index is 2.29. The average Bonchev–Trinajstić information content (AvgIpc) is 2.81. The van der Waals surface area contributed by atoms with Gasteiger partial charge in [0.1, 0.15) is 0 Å². The highest BCUT2D eigenvalue weighted by atomic mass is 32.2. The van der Waals surface area contributed by atoms with Crippen molar-refractivity contribution in [2.45, 2.75) is 16.7 Å². The molecular weight excluding hydrogens is 252 g/mol. The van der Waals surface area contributed by atoms with E-state index < -0.39 is 0 Å². The van der Waals surface area contributed by atoms with Gasteiger partial charge >= 0.3 is 0 Å². The third-order valence-electron chi connectivity index (χ3n) is 2.33. The molecule has 3 rings (SSSR count). The van der Waals surface area contributed by atoms with Crippen LogP contribution < -0.4 is 0 Å². The van der Waals surface area contributed by atoms with E-state index in [1.807, 2.05) is 34.4 Å². The SMILES string of the molecule is Cc1cc2c(Sc3ccccc3)csc2s1. The summed E-state index contributed by atoms with van der Waals surface area (Å²) in [5.74, 6) is 0. The summed E-state index contributed by atoms with van der Waals surface area (Å²) in [5.41, 5.74) is 0. The molecule has 3 heteroatoms. The van der Waals surface area contributed by atoms with Crippen LogP contribution in [0.2, 0.25) is 0 Å². The van der Waals surface area contributed by atoms with E-state index in [2.05, 4.69) is 48.7 Å². The molecule has 0 amide bonds. The fraction of sp³-hybridized carbons (Fsp3) is 0.0769. The van der Waals surface area contributed by atoms with E-state index in [4.69, 9.17) is 0 Å². The van der Waals surface area contributed by atoms with Gasteiger partial charge in [0, 0.05) is 25.4 Å². The molecule has 80 valence electrons. The van der Waals surface area contributed by atoms with E-state index in [1.54, 1.807) is 0 Å². The van der Waals surface area contributed by atoms with Gasteiger partial charge in [-0.2, -0.15) is 0 Å². The fourth-order valence-electron chi connectivity index (χ4n) is 1.62. The molecule has 0 saturated heterocycles. The lowest BCUT2D eigenvalue weighted by Crippen LogP contribution is -1.68. The zero-order valence-electron chi connectivity index (χ0n) is 8.77. The first kappa shape index (κ1) is 10.4. The Kier molecular flexibility index (Phi) is 2.75. The van der Waals surface area contributed by atoms with E-state index in [9.17, 15) is 0 Å². The molecule has 2 heterocycles. The summed E-state index contributed by atoms with van der Waals surface area (Å²) < 4.78 is 1.44. The van der Waals surface area contributed by atoms with Crippen molar-refractivity contribution >= 4 is 43.8 Å². The van der Waals surface area contributed by atoms with Crippen molar-refractivity contribution in [2.24, 2.45) is 0 Å². The van der Waals surface area contributed by atoms with Gasteiger partial charge in [-0.3, -0.25) is 0 Å². The smallest absolute Gasteiger partial charge is 0.0879 e. The van der Waals surface area contributed by atoms with E-state index in [0.29, 0.717) is 0 Å². The highest BCUT2D eigenvalue weighted by Gasteiger charge is 2.08. The minimum atomic E-state index is 1.31. The molecule has 2 aromatic heterocycles. The van der Waals surface area contributed by atoms with Gasteiger partial charge in [-0.05, 0) is 25.1 Å². The summed E-state index contributed by atoms with van der Waals surface area (Å²) in [6, 6.07) is 12.8. The Labute approximate surface area is 107 Å². The van der Waals surface area contributed by atoms with Crippen molar-refractivity contribution in [1.29, 1.82) is 0 Å². The van der Waals surface area contributed by atoms with Crippen molar-refractivity contribution in [3.05, 3.63) is 46.7 Å². The predicted molar refractivity (Wildman–Crippen MR) is 75.0 cm³/mol. The van der Waals surface area contributed by atoms with Crippen LogP contribution >= 0.6 is 34.4 Å². The zero-order chi connectivity index (χ0) is 11.0. The molecule has 0 aliphatic rings. The average molecular weight is 262 g/mol.